The molecule has 3 N–H and O–H groups in total. The minimum Gasteiger partial charge on any atom is -0.384 e. The number of anilines is 2. The largest absolute Gasteiger partial charge is 0.384 e. The summed E-state index contributed by atoms with van der Waals surface area (Å²) in [5.41, 5.74) is 6.34. The van der Waals surface area contributed by atoms with Crippen LogP contribution in [-0.2, 0) is 0 Å². The minimum absolute atomic E-state index is 0.0525. The van der Waals surface area contributed by atoms with Crippen molar-refractivity contribution in [2.75, 3.05) is 23.7 Å². The second-order valence-corrected chi connectivity index (χ2v) is 7.10. The lowest BCUT2D eigenvalue weighted by molar-refractivity contribution is 0.0880. The van der Waals surface area contributed by atoms with Gasteiger partial charge < -0.3 is 10.6 Å². The summed E-state index contributed by atoms with van der Waals surface area (Å²) in [6.07, 6.45) is 2.10. The number of pyridine rings is 1. The van der Waals surface area contributed by atoms with Crippen molar-refractivity contribution in [1.29, 1.82) is 0 Å². The van der Waals surface area contributed by atoms with Crippen LogP contribution in [0.2, 0.25) is 0 Å². The number of aromatic nitrogens is 1. The molecular weight excluding hydrogens is 351 g/mol. The van der Waals surface area contributed by atoms with Crippen molar-refractivity contribution in [3.63, 3.8) is 0 Å². The molecule has 0 aliphatic carbocycles. The number of rotatable bonds is 2. The van der Waals surface area contributed by atoms with E-state index >= 15 is 0 Å². The number of nitrogens with two attached hydrogens (primary N) is 1. The molecular formula is C19H19FN4O3. The first-order valence-corrected chi connectivity index (χ1v) is 8.83. The Hall–Kier alpha value is -3.16. The molecule has 1 saturated heterocycles. The van der Waals surface area contributed by atoms with Crippen LogP contribution in [-0.4, -0.2) is 29.5 Å². The average molecular weight is 370 g/mol. The summed E-state index contributed by atoms with van der Waals surface area (Å²) in [5, 5.41) is 2.13. The van der Waals surface area contributed by atoms with Gasteiger partial charge in [-0.1, -0.05) is 6.92 Å². The predicted octanol–water partition coefficient (Wildman–Crippen LogP) is 1.68. The van der Waals surface area contributed by atoms with E-state index in [0.717, 1.165) is 36.6 Å². The Morgan fingerprint density at radius 3 is 2.67 bits per heavy atom. The number of carbonyl (C=O) groups is 2. The van der Waals surface area contributed by atoms with Crippen molar-refractivity contribution in [2.24, 2.45) is 5.92 Å². The molecule has 2 aromatic rings. The van der Waals surface area contributed by atoms with Crippen molar-refractivity contribution >= 4 is 23.3 Å². The van der Waals surface area contributed by atoms with Crippen LogP contribution in [0.15, 0.2) is 29.1 Å². The molecule has 7 nitrogen and oxygen atoms in total. The Kier molecular flexibility index (Phi) is 3.98. The molecule has 1 unspecified atom stereocenters. The normalized spacial score (nSPS) is 19.2. The fourth-order valence-corrected chi connectivity index (χ4v) is 3.88. The molecule has 2 aliphatic rings. The van der Waals surface area contributed by atoms with Gasteiger partial charge in [-0.05, 0) is 30.9 Å². The number of amides is 2. The van der Waals surface area contributed by atoms with Gasteiger partial charge >= 0.3 is 0 Å². The highest BCUT2D eigenvalue weighted by molar-refractivity contribution is 6.23. The number of nitrogen functional groups attached to an aromatic ring is 1. The van der Waals surface area contributed by atoms with E-state index in [1.807, 2.05) is 0 Å². The maximum absolute atomic E-state index is 14.0. The van der Waals surface area contributed by atoms with Crippen LogP contribution in [0.25, 0.3) is 5.69 Å². The Balaban J connectivity index is 1.94. The van der Waals surface area contributed by atoms with Gasteiger partial charge in [-0.15, -0.1) is 0 Å². The number of nitrogens with zero attached hydrogens (tertiary/aromatic N) is 2. The number of hydrogen-bond acceptors (Lipinski definition) is 5. The van der Waals surface area contributed by atoms with Gasteiger partial charge in [0, 0.05) is 25.2 Å². The van der Waals surface area contributed by atoms with Gasteiger partial charge in [0.25, 0.3) is 17.4 Å². The first-order valence-electron chi connectivity index (χ1n) is 8.83. The molecule has 0 spiro atoms. The molecule has 3 heterocycles. The topological polar surface area (TPSA) is 97.4 Å². The highest BCUT2D eigenvalue weighted by atomic mass is 19.1. The quantitative estimate of drug-likeness (QED) is 0.784. The molecule has 4 rings (SSSR count). The van der Waals surface area contributed by atoms with E-state index in [1.54, 1.807) is 6.07 Å². The summed E-state index contributed by atoms with van der Waals surface area (Å²) < 4.78 is 15.2. The molecule has 2 aliphatic heterocycles. The van der Waals surface area contributed by atoms with Crippen LogP contribution in [0.3, 0.4) is 0 Å². The van der Waals surface area contributed by atoms with E-state index in [4.69, 9.17) is 5.73 Å². The molecule has 8 heteroatoms. The number of imide groups is 1. The molecule has 1 aromatic heterocycles. The van der Waals surface area contributed by atoms with Crippen LogP contribution < -0.4 is 21.5 Å². The smallest absolute Gasteiger partial charge is 0.262 e. The second-order valence-electron chi connectivity index (χ2n) is 7.10. The third-order valence-corrected chi connectivity index (χ3v) is 5.13. The Morgan fingerprint density at radius 1 is 1.15 bits per heavy atom. The van der Waals surface area contributed by atoms with Gasteiger partial charge in [0.1, 0.15) is 11.6 Å². The summed E-state index contributed by atoms with van der Waals surface area (Å²) in [7, 11) is 0. The van der Waals surface area contributed by atoms with Gasteiger partial charge in [0.2, 0.25) is 0 Å². The van der Waals surface area contributed by atoms with Crippen molar-refractivity contribution < 1.29 is 14.0 Å². The molecule has 0 bridgehead atoms. The SMILES string of the molecule is CC1CCCN(c2ccc(F)cc2-n2c(N)c3c(cc2=O)C(=O)NC3=O)C1. The molecule has 0 saturated carbocycles. The highest BCUT2D eigenvalue weighted by Crippen LogP contribution is 2.32. The molecule has 1 fully saturated rings. The number of nitrogens with one attached hydrogen (secondary N) is 1. The maximum atomic E-state index is 14.0. The number of fused-ring (bicyclic) bond motifs is 1. The van der Waals surface area contributed by atoms with Gasteiger partial charge in [0.05, 0.1) is 22.5 Å². The van der Waals surface area contributed by atoms with Crippen LogP contribution in [0.1, 0.15) is 40.5 Å². The molecule has 1 aromatic carbocycles. The number of hydrogen-bond donors (Lipinski definition) is 2. The van der Waals surface area contributed by atoms with Crippen molar-refractivity contribution in [2.45, 2.75) is 19.8 Å². The Morgan fingerprint density at radius 2 is 1.93 bits per heavy atom. The lowest BCUT2D eigenvalue weighted by atomic mass is 9.99. The van der Waals surface area contributed by atoms with Crippen molar-refractivity contribution in [1.82, 2.24) is 9.88 Å². The van der Waals surface area contributed by atoms with Gasteiger partial charge in [-0.25, -0.2) is 4.39 Å². The fourth-order valence-electron chi connectivity index (χ4n) is 3.88. The Labute approximate surface area is 154 Å². The van der Waals surface area contributed by atoms with Crippen LogP contribution in [0.5, 0.6) is 0 Å². The zero-order chi connectivity index (χ0) is 19.3. The number of halogens is 1. The van der Waals surface area contributed by atoms with E-state index in [9.17, 15) is 18.8 Å². The zero-order valence-electron chi connectivity index (χ0n) is 14.8. The van der Waals surface area contributed by atoms with Gasteiger partial charge in [-0.2, -0.15) is 0 Å². The molecule has 1 atom stereocenters. The number of benzene rings is 1. The lowest BCUT2D eigenvalue weighted by Gasteiger charge is -2.34. The van der Waals surface area contributed by atoms with Crippen molar-refractivity contribution in [3.8, 4) is 5.69 Å². The zero-order valence-corrected chi connectivity index (χ0v) is 14.8. The van der Waals surface area contributed by atoms with Crippen LogP contribution in [0.4, 0.5) is 15.9 Å². The number of carbonyl (C=O) groups excluding carboxylic acids is 2. The van der Waals surface area contributed by atoms with E-state index in [1.165, 1.54) is 12.1 Å². The van der Waals surface area contributed by atoms with Crippen LogP contribution in [0, 0.1) is 11.7 Å². The standard InChI is InChI=1S/C19H19FN4O3/c1-10-3-2-6-23(9-10)13-5-4-11(20)7-14(13)24-15(25)8-12-16(17(24)21)19(27)22-18(12)26/h4-5,7-8,10H,2-3,6,9,21H2,1H3,(H,22,26,27). The molecule has 0 radical (unpaired) electrons. The van der Waals surface area contributed by atoms with E-state index in [0.29, 0.717) is 11.6 Å². The maximum Gasteiger partial charge on any atom is 0.262 e. The predicted molar refractivity (Wildman–Crippen MR) is 98.8 cm³/mol. The molecule has 2 amide bonds. The highest BCUT2D eigenvalue weighted by Gasteiger charge is 2.32. The summed E-state index contributed by atoms with van der Waals surface area (Å²) in [6, 6.07) is 5.25. The van der Waals surface area contributed by atoms with Gasteiger partial charge in [0.15, 0.2) is 0 Å². The first kappa shape index (κ1) is 17.3. The lowest BCUT2D eigenvalue weighted by Crippen LogP contribution is -2.36. The second kappa shape index (κ2) is 6.22. The van der Waals surface area contributed by atoms with E-state index < -0.39 is 23.2 Å². The van der Waals surface area contributed by atoms with E-state index in [2.05, 4.69) is 17.1 Å². The third kappa shape index (κ3) is 2.77. The summed E-state index contributed by atoms with van der Waals surface area (Å²) >= 11 is 0. The first-order chi connectivity index (χ1) is 12.9. The molecule has 27 heavy (non-hydrogen) atoms. The minimum atomic E-state index is -0.661. The fraction of sp³-hybridized carbons (Fsp3) is 0.316. The average Bonchev–Trinajstić information content (AvgIpc) is 2.89. The third-order valence-electron chi connectivity index (χ3n) is 5.13. The summed E-state index contributed by atoms with van der Waals surface area (Å²) in [6.45, 7) is 3.69. The van der Waals surface area contributed by atoms with Crippen LogP contribution >= 0.6 is 0 Å². The summed E-state index contributed by atoms with van der Waals surface area (Å²) in [5.74, 6) is -1.54. The van der Waals surface area contributed by atoms with Crippen molar-refractivity contribution in [3.05, 3.63) is 51.6 Å². The monoisotopic (exact) mass is 370 g/mol. The Bertz CT molecular complexity index is 1030. The number of piperidine rings is 1. The van der Waals surface area contributed by atoms with E-state index in [-0.39, 0.29) is 22.6 Å². The summed E-state index contributed by atoms with van der Waals surface area (Å²) in [4.78, 5) is 38.7. The molecule has 140 valence electrons. The van der Waals surface area contributed by atoms with Gasteiger partial charge in [-0.3, -0.25) is 24.3 Å².